The molecule has 0 N–H and O–H groups in total. The standard InChI is InChI=1S/2C31H23.C2H6Si.Zr/c2*1-2-21-19-30-28(26-15-7-11-22-9-3-5-13-24(22)26)17-18-29(31(30)20-21)27-16-8-12-23-10-4-6-14-25(23)27;1-3-2;/h2*3-20H,2H2,1H3;1-2H3;/q2*-1;;+2. The molecule has 0 aliphatic rings. The number of hydrogen-bond donors (Lipinski definition) is 0. The molecule has 0 aliphatic carbocycles. The summed E-state index contributed by atoms with van der Waals surface area (Å²) < 4.78 is 0. The molecule has 0 fully saturated rings. The van der Waals surface area contributed by atoms with E-state index in [1.54, 1.807) is 0 Å². The first-order chi connectivity index (χ1) is 32.1. The van der Waals surface area contributed by atoms with E-state index in [-0.39, 0.29) is 26.2 Å². The van der Waals surface area contributed by atoms with Gasteiger partial charge in [0.25, 0.3) is 0 Å². The molecule has 0 heterocycles. The summed E-state index contributed by atoms with van der Waals surface area (Å²) in [6.45, 7) is 8.78. The topological polar surface area (TPSA) is 0 Å². The van der Waals surface area contributed by atoms with Crippen LogP contribution in [0.5, 0.6) is 0 Å². The van der Waals surface area contributed by atoms with Gasteiger partial charge in [-0.2, -0.15) is 12.1 Å². The zero-order valence-corrected chi connectivity index (χ0v) is 41.7. The predicted molar refractivity (Wildman–Crippen MR) is 287 cm³/mol. The van der Waals surface area contributed by atoms with Gasteiger partial charge in [-0.3, -0.25) is 0 Å². The van der Waals surface area contributed by atoms with Crippen LogP contribution in [0.4, 0.5) is 0 Å². The molecule has 0 unspecified atom stereocenters. The molecule has 12 aromatic carbocycles. The first kappa shape index (κ1) is 44.7. The molecule has 12 aromatic rings. The van der Waals surface area contributed by atoms with E-state index < -0.39 is 0 Å². The molecule has 2 radical (unpaired) electrons. The SMILES string of the molecule is CCc1cc2c(-c3cccc4ccccc34)ccc(-c3cccc4ccccc34)c2[cH-]1.CCc1cc2c(-c3cccc4ccccc34)ccc(-c3cccc4ccccc34)c2[cH-]1.C[Si]C.[Zr+2]. The molecule has 0 bridgehead atoms. The van der Waals surface area contributed by atoms with Crippen molar-refractivity contribution in [1.82, 2.24) is 0 Å². The average Bonchev–Trinajstić information content (AvgIpc) is 4.02. The summed E-state index contributed by atoms with van der Waals surface area (Å²) in [6, 6.07) is 80.1. The van der Waals surface area contributed by atoms with E-state index in [1.165, 1.54) is 120 Å². The molecule has 2 heteroatoms. The van der Waals surface area contributed by atoms with Gasteiger partial charge in [0, 0.05) is 9.52 Å². The third-order valence-electron chi connectivity index (χ3n) is 13.0. The van der Waals surface area contributed by atoms with Gasteiger partial charge in [0.05, 0.1) is 0 Å². The molecule has 0 aromatic heterocycles. The summed E-state index contributed by atoms with van der Waals surface area (Å²) in [7, 11) is 1.08. The van der Waals surface area contributed by atoms with Crippen molar-refractivity contribution in [2.24, 2.45) is 0 Å². The molecular weight excluding hydrogens is 888 g/mol. The van der Waals surface area contributed by atoms with Crippen LogP contribution in [0.3, 0.4) is 0 Å². The largest absolute Gasteiger partial charge is 2.00 e. The van der Waals surface area contributed by atoms with E-state index >= 15 is 0 Å². The van der Waals surface area contributed by atoms with Crippen molar-refractivity contribution >= 4 is 74.2 Å². The van der Waals surface area contributed by atoms with E-state index in [1.807, 2.05) is 0 Å². The molecule has 0 saturated heterocycles. The van der Waals surface area contributed by atoms with Crippen LogP contribution in [-0.2, 0) is 39.0 Å². The molecular formula is C64H52SiZr. The van der Waals surface area contributed by atoms with Gasteiger partial charge < -0.3 is 0 Å². The first-order valence-electron chi connectivity index (χ1n) is 23.0. The summed E-state index contributed by atoms with van der Waals surface area (Å²) in [5, 5.41) is 15.8. The predicted octanol–water partition coefficient (Wildman–Crippen LogP) is 18.3. The summed E-state index contributed by atoms with van der Waals surface area (Å²) >= 11 is 0. The van der Waals surface area contributed by atoms with Crippen LogP contribution in [0.2, 0.25) is 13.1 Å². The van der Waals surface area contributed by atoms with Crippen molar-refractivity contribution in [2.75, 3.05) is 0 Å². The van der Waals surface area contributed by atoms with Crippen LogP contribution >= 0.6 is 0 Å². The van der Waals surface area contributed by atoms with Crippen LogP contribution in [0, 0.1) is 0 Å². The number of fused-ring (bicyclic) bond motifs is 6. The van der Waals surface area contributed by atoms with Crippen LogP contribution in [0.15, 0.2) is 218 Å². The van der Waals surface area contributed by atoms with Gasteiger partial charge in [0.15, 0.2) is 0 Å². The number of aryl methyl sites for hydroxylation is 2. The Morgan fingerprint density at radius 2 is 0.545 bits per heavy atom. The second kappa shape index (κ2) is 20.0. The van der Waals surface area contributed by atoms with Crippen molar-refractivity contribution in [1.29, 1.82) is 0 Å². The molecule has 0 saturated carbocycles. The zero-order chi connectivity index (χ0) is 44.3. The molecule has 0 atom stereocenters. The van der Waals surface area contributed by atoms with Crippen molar-refractivity contribution in [2.45, 2.75) is 39.8 Å². The quantitative estimate of drug-likeness (QED) is 0.115. The van der Waals surface area contributed by atoms with E-state index in [0.717, 1.165) is 22.4 Å². The second-order valence-electron chi connectivity index (χ2n) is 17.0. The fraction of sp³-hybridized carbons (Fsp3) is 0.0938. The minimum Gasteiger partial charge on any atom is -0.164 e. The number of benzene rings is 10. The Morgan fingerprint density at radius 3 is 0.848 bits per heavy atom. The van der Waals surface area contributed by atoms with Gasteiger partial charge in [0.1, 0.15) is 0 Å². The third-order valence-corrected chi connectivity index (χ3v) is 13.0. The van der Waals surface area contributed by atoms with E-state index in [2.05, 4.69) is 245 Å². The number of rotatable bonds is 6. The molecule has 0 aliphatic heterocycles. The van der Waals surface area contributed by atoms with Gasteiger partial charge in [-0.15, -0.1) is 44.8 Å². The number of hydrogen-bond acceptors (Lipinski definition) is 0. The van der Waals surface area contributed by atoms with Crippen LogP contribution in [0.25, 0.3) is 109 Å². The molecule has 12 rings (SSSR count). The van der Waals surface area contributed by atoms with Gasteiger partial charge in [-0.25, -0.2) is 0 Å². The van der Waals surface area contributed by atoms with Gasteiger partial charge in [0.2, 0.25) is 0 Å². The van der Waals surface area contributed by atoms with Gasteiger partial charge >= 0.3 is 26.2 Å². The maximum Gasteiger partial charge on any atom is 2.00 e. The molecule has 316 valence electrons. The first-order valence-corrected chi connectivity index (χ1v) is 25.0. The van der Waals surface area contributed by atoms with Crippen LogP contribution in [0.1, 0.15) is 25.0 Å². The Kier molecular flexibility index (Phi) is 13.5. The van der Waals surface area contributed by atoms with Crippen LogP contribution < -0.4 is 0 Å². The Labute approximate surface area is 411 Å². The van der Waals surface area contributed by atoms with E-state index in [0.29, 0.717) is 0 Å². The molecule has 66 heavy (non-hydrogen) atoms. The van der Waals surface area contributed by atoms with Crippen molar-refractivity contribution in [3.05, 3.63) is 230 Å². The van der Waals surface area contributed by atoms with E-state index in [9.17, 15) is 0 Å². The van der Waals surface area contributed by atoms with Gasteiger partial charge in [-0.1, -0.05) is 254 Å². The summed E-state index contributed by atoms with van der Waals surface area (Å²) in [5.41, 5.74) is 13.3. The Morgan fingerprint density at radius 1 is 0.303 bits per heavy atom. The maximum absolute atomic E-state index is 2.39. The molecule has 0 spiro atoms. The smallest absolute Gasteiger partial charge is 0.164 e. The Hall–Kier alpha value is -6.44. The minimum absolute atomic E-state index is 0. The van der Waals surface area contributed by atoms with Crippen molar-refractivity contribution in [3.8, 4) is 44.5 Å². The molecule has 0 amide bonds. The Bertz CT molecular complexity index is 3140. The summed E-state index contributed by atoms with van der Waals surface area (Å²) in [5.74, 6) is 0. The summed E-state index contributed by atoms with van der Waals surface area (Å²) in [6.07, 6.45) is 2.08. The third kappa shape index (κ3) is 8.46. The fourth-order valence-electron chi connectivity index (χ4n) is 9.91. The van der Waals surface area contributed by atoms with Gasteiger partial charge in [-0.05, 0) is 67.1 Å². The summed E-state index contributed by atoms with van der Waals surface area (Å²) in [4.78, 5) is 0. The monoisotopic (exact) mass is 938 g/mol. The zero-order valence-electron chi connectivity index (χ0n) is 38.2. The van der Waals surface area contributed by atoms with E-state index in [4.69, 9.17) is 0 Å². The maximum atomic E-state index is 2.39. The average molecular weight is 940 g/mol. The Balaban J connectivity index is 0.000000155. The van der Waals surface area contributed by atoms with Crippen molar-refractivity contribution in [3.63, 3.8) is 0 Å². The fourth-order valence-corrected chi connectivity index (χ4v) is 9.91. The molecule has 0 nitrogen and oxygen atoms in total. The normalized spacial score (nSPS) is 11.1. The second-order valence-corrected chi connectivity index (χ2v) is 18.0. The minimum atomic E-state index is 0. The van der Waals surface area contributed by atoms with Crippen molar-refractivity contribution < 1.29 is 26.2 Å². The van der Waals surface area contributed by atoms with Crippen LogP contribution in [-0.4, -0.2) is 9.52 Å².